The van der Waals surface area contributed by atoms with Crippen LogP contribution in [0.5, 0.6) is 0 Å². The number of benzene rings is 1. The lowest BCUT2D eigenvalue weighted by atomic mass is 10.1. The maximum Gasteiger partial charge on any atom is 0.355 e. The summed E-state index contributed by atoms with van der Waals surface area (Å²) in [6.07, 6.45) is 1.28. The van der Waals surface area contributed by atoms with Gasteiger partial charge in [-0.15, -0.1) is 11.3 Å². The van der Waals surface area contributed by atoms with Gasteiger partial charge in [-0.05, 0) is 17.5 Å². The summed E-state index contributed by atoms with van der Waals surface area (Å²) in [5.41, 5.74) is 2.21. The Kier molecular flexibility index (Phi) is 5.05. The quantitative estimate of drug-likeness (QED) is 0.858. The highest BCUT2D eigenvalue weighted by atomic mass is 32.1. The van der Waals surface area contributed by atoms with Gasteiger partial charge in [-0.1, -0.05) is 31.2 Å². The van der Waals surface area contributed by atoms with E-state index in [1.807, 2.05) is 24.3 Å². The number of aromatic nitrogens is 1. The number of thiazole rings is 1. The number of carboxylic acid groups (broad SMARTS) is 1. The number of aromatic carboxylic acids is 1. The highest BCUT2D eigenvalue weighted by Crippen LogP contribution is 2.10. The lowest BCUT2D eigenvalue weighted by molar-refractivity contribution is -0.120. The van der Waals surface area contributed by atoms with Gasteiger partial charge in [0.2, 0.25) is 5.91 Å². The second-order valence-electron chi connectivity index (χ2n) is 4.56. The first-order valence-corrected chi connectivity index (χ1v) is 7.48. The largest absolute Gasteiger partial charge is 0.476 e. The summed E-state index contributed by atoms with van der Waals surface area (Å²) in [5.74, 6) is -1.16. The van der Waals surface area contributed by atoms with Gasteiger partial charge in [0.25, 0.3) is 0 Å². The van der Waals surface area contributed by atoms with Gasteiger partial charge in [0.1, 0.15) is 5.01 Å². The van der Waals surface area contributed by atoms with Gasteiger partial charge in [0.15, 0.2) is 5.69 Å². The fourth-order valence-corrected chi connectivity index (χ4v) is 2.51. The van der Waals surface area contributed by atoms with Crippen LogP contribution in [0.3, 0.4) is 0 Å². The second kappa shape index (κ2) is 6.99. The van der Waals surface area contributed by atoms with E-state index in [0.29, 0.717) is 11.4 Å². The van der Waals surface area contributed by atoms with Gasteiger partial charge in [-0.3, -0.25) is 4.79 Å². The normalized spacial score (nSPS) is 10.3. The Hall–Kier alpha value is -2.21. The van der Waals surface area contributed by atoms with Crippen molar-refractivity contribution >= 4 is 23.2 Å². The molecule has 2 aromatic rings. The highest BCUT2D eigenvalue weighted by Gasteiger charge is 2.09. The van der Waals surface area contributed by atoms with Gasteiger partial charge >= 0.3 is 5.97 Å². The summed E-state index contributed by atoms with van der Waals surface area (Å²) in [4.78, 5) is 26.4. The van der Waals surface area contributed by atoms with E-state index in [1.165, 1.54) is 22.3 Å². The van der Waals surface area contributed by atoms with Crippen LogP contribution in [0.1, 0.15) is 33.5 Å². The van der Waals surface area contributed by atoms with Crippen molar-refractivity contribution in [3.63, 3.8) is 0 Å². The van der Waals surface area contributed by atoms with Crippen molar-refractivity contribution < 1.29 is 14.7 Å². The van der Waals surface area contributed by atoms with Crippen LogP contribution < -0.4 is 5.32 Å². The van der Waals surface area contributed by atoms with Gasteiger partial charge in [0, 0.05) is 5.38 Å². The molecule has 2 rings (SSSR count). The van der Waals surface area contributed by atoms with Crippen molar-refractivity contribution in [1.29, 1.82) is 0 Å². The smallest absolute Gasteiger partial charge is 0.355 e. The van der Waals surface area contributed by atoms with E-state index in [2.05, 4.69) is 17.2 Å². The van der Waals surface area contributed by atoms with Crippen LogP contribution in [0, 0.1) is 0 Å². The Labute approximate surface area is 126 Å². The van der Waals surface area contributed by atoms with Crippen molar-refractivity contribution in [3.05, 3.63) is 51.5 Å². The van der Waals surface area contributed by atoms with Crippen LogP contribution in [0.25, 0.3) is 0 Å². The van der Waals surface area contributed by atoms with Crippen LogP contribution in [0.4, 0.5) is 0 Å². The van der Waals surface area contributed by atoms with Gasteiger partial charge < -0.3 is 10.4 Å². The van der Waals surface area contributed by atoms with Crippen molar-refractivity contribution in [2.75, 3.05) is 0 Å². The standard InChI is InChI=1S/C15H16N2O3S/c1-2-10-3-5-11(6-4-10)7-13(18)16-8-14-17-12(9-21-14)15(19)20/h3-6,9H,2,7-8H2,1H3,(H,16,18)(H,19,20). The van der Waals surface area contributed by atoms with Gasteiger partial charge in [0.05, 0.1) is 13.0 Å². The molecule has 1 heterocycles. The molecule has 2 N–H and O–H groups in total. The topological polar surface area (TPSA) is 79.3 Å². The SMILES string of the molecule is CCc1ccc(CC(=O)NCc2nc(C(=O)O)cs2)cc1. The summed E-state index contributed by atoms with van der Waals surface area (Å²) < 4.78 is 0. The average molecular weight is 304 g/mol. The second-order valence-corrected chi connectivity index (χ2v) is 5.50. The van der Waals surface area contributed by atoms with Crippen LogP contribution in [0.15, 0.2) is 29.6 Å². The highest BCUT2D eigenvalue weighted by molar-refractivity contribution is 7.09. The molecule has 21 heavy (non-hydrogen) atoms. The number of nitrogens with zero attached hydrogens (tertiary/aromatic N) is 1. The monoisotopic (exact) mass is 304 g/mol. The molecule has 110 valence electrons. The third-order valence-electron chi connectivity index (χ3n) is 3.00. The minimum atomic E-state index is -1.06. The fraction of sp³-hybridized carbons (Fsp3) is 0.267. The molecular formula is C15H16N2O3S. The van der Waals surface area contributed by atoms with E-state index in [1.54, 1.807) is 0 Å². The predicted octanol–water partition coefficient (Wildman–Crippen LogP) is 2.26. The van der Waals surface area contributed by atoms with Gasteiger partial charge in [-0.25, -0.2) is 9.78 Å². The third kappa shape index (κ3) is 4.39. The van der Waals surface area contributed by atoms with E-state index in [9.17, 15) is 9.59 Å². The summed E-state index contributed by atoms with van der Waals surface area (Å²) in [5, 5.41) is 13.6. The van der Waals surface area contributed by atoms with Crippen LogP contribution in [0.2, 0.25) is 0 Å². The van der Waals surface area contributed by atoms with Gasteiger partial charge in [-0.2, -0.15) is 0 Å². The molecule has 0 saturated heterocycles. The lowest BCUT2D eigenvalue weighted by Gasteiger charge is -2.04. The molecule has 1 aromatic heterocycles. The molecule has 0 aliphatic rings. The Morgan fingerprint density at radius 1 is 1.24 bits per heavy atom. The zero-order valence-corrected chi connectivity index (χ0v) is 12.4. The molecule has 0 spiro atoms. The summed E-state index contributed by atoms with van der Waals surface area (Å²) in [7, 11) is 0. The lowest BCUT2D eigenvalue weighted by Crippen LogP contribution is -2.24. The molecule has 0 saturated carbocycles. The van der Waals surface area contributed by atoms with E-state index in [0.717, 1.165) is 12.0 Å². The molecule has 0 fully saturated rings. The minimum Gasteiger partial charge on any atom is -0.476 e. The zero-order valence-electron chi connectivity index (χ0n) is 11.6. The first-order valence-electron chi connectivity index (χ1n) is 6.60. The number of nitrogens with one attached hydrogen (secondary N) is 1. The van der Waals surface area contributed by atoms with Crippen molar-refractivity contribution in [1.82, 2.24) is 10.3 Å². The van der Waals surface area contributed by atoms with E-state index < -0.39 is 5.97 Å². The van der Waals surface area contributed by atoms with Crippen molar-refractivity contribution in [3.8, 4) is 0 Å². The molecule has 0 aliphatic heterocycles. The zero-order chi connectivity index (χ0) is 15.2. The Morgan fingerprint density at radius 2 is 1.90 bits per heavy atom. The number of hydrogen-bond acceptors (Lipinski definition) is 4. The number of hydrogen-bond donors (Lipinski definition) is 2. The van der Waals surface area contributed by atoms with Crippen LogP contribution in [-0.4, -0.2) is 22.0 Å². The van der Waals surface area contributed by atoms with Crippen molar-refractivity contribution in [2.45, 2.75) is 26.3 Å². The van der Waals surface area contributed by atoms with Crippen molar-refractivity contribution in [2.24, 2.45) is 0 Å². The van der Waals surface area contributed by atoms with Crippen LogP contribution in [-0.2, 0) is 24.2 Å². The number of aryl methyl sites for hydroxylation is 1. The number of carboxylic acids is 1. The van der Waals surface area contributed by atoms with Crippen LogP contribution >= 0.6 is 11.3 Å². The molecule has 1 amide bonds. The number of carbonyl (C=O) groups is 2. The number of rotatable bonds is 6. The Bertz CT molecular complexity index is 635. The molecular weight excluding hydrogens is 288 g/mol. The minimum absolute atomic E-state index is 0.0133. The molecule has 0 bridgehead atoms. The summed E-state index contributed by atoms with van der Waals surface area (Å²) in [6, 6.07) is 7.93. The summed E-state index contributed by atoms with van der Waals surface area (Å²) >= 11 is 1.22. The van der Waals surface area contributed by atoms with E-state index in [4.69, 9.17) is 5.11 Å². The van der Waals surface area contributed by atoms with E-state index in [-0.39, 0.29) is 18.1 Å². The molecule has 0 radical (unpaired) electrons. The average Bonchev–Trinajstić information content (AvgIpc) is 2.95. The molecule has 6 heteroatoms. The summed E-state index contributed by atoms with van der Waals surface area (Å²) in [6.45, 7) is 2.34. The maximum absolute atomic E-state index is 11.8. The van der Waals surface area contributed by atoms with E-state index >= 15 is 0 Å². The molecule has 0 aliphatic carbocycles. The molecule has 0 atom stereocenters. The molecule has 0 unspecified atom stereocenters. The first kappa shape index (κ1) is 15.2. The third-order valence-corrected chi connectivity index (χ3v) is 3.85. The Morgan fingerprint density at radius 3 is 2.48 bits per heavy atom. The maximum atomic E-state index is 11.8. The number of amides is 1. The molecule has 5 nitrogen and oxygen atoms in total. The Balaban J connectivity index is 1.84. The predicted molar refractivity (Wildman–Crippen MR) is 80.4 cm³/mol. The number of carbonyl (C=O) groups excluding carboxylic acids is 1. The molecule has 1 aromatic carbocycles. The fourth-order valence-electron chi connectivity index (χ4n) is 1.81. The first-order chi connectivity index (χ1) is 10.1.